The van der Waals surface area contributed by atoms with Gasteiger partial charge in [0.25, 0.3) is 0 Å². The van der Waals surface area contributed by atoms with Crippen LogP contribution >= 0.6 is 23.2 Å². The fourth-order valence-electron chi connectivity index (χ4n) is 1.49. The number of sulfonamides is 1. The SMILES string of the molecule is CCCC(NS(=O)(=O)c1ccc(Cl)c(F)c1Cl)C(=O)O. The van der Waals surface area contributed by atoms with E-state index in [2.05, 4.69) is 0 Å². The maximum Gasteiger partial charge on any atom is 0.321 e. The van der Waals surface area contributed by atoms with Gasteiger partial charge in [-0.3, -0.25) is 4.79 Å². The molecule has 0 amide bonds. The number of carboxylic acids is 1. The highest BCUT2D eigenvalue weighted by Crippen LogP contribution is 2.29. The number of carbonyl (C=O) groups is 1. The minimum Gasteiger partial charge on any atom is -0.480 e. The molecule has 1 aromatic rings. The lowest BCUT2D eigenvalue weighted by Gasteiger charge is -2.15. The van der Waals surface area contributed by atoms with E-state index in [0.29, 0.717) is 6.42 Å². The first-order valence-corrected chi connectivity index (χ1v) is 7.83. The first kappa shape index (κ1) is 17.2. The first-order valence-electron chi connectivity index (χ1n) is 5.59. The number of halogens is 3. The molecule has 2 N–H and O–H groups in total. The normalized spacial score (nSPS) is 13.2. The van der Waals surface area contributed by atoms with Crippen molar-refractivity contribution < 1.29 is 22.7 Å². The van der Waals surface area contributed by atoms with Gasteiger partial charge in [0.15, 0.2) is 5.82 Å². The van der Waals surface area contributed by atoms with E-state index < -0.39 is 37.8 Å². The number of benzene rings is 1. The maximum absolute atomic E-state index is 13.5. The zero-order chi connectivity index (χ0) is 15.5. The van der Waals surface area contributed by atoms with E-state index in [1.807, 2.05) is 4.72 Å². The fraction of sp³-hybridized carbons (Fsp3) is 0.364. The van der Waals surface area contributed by atoms with E-state index in [4.69, 9.17) is 28.3 Å². The van der Waals surface area contributed by atoms with Crippen LogP contribution in [0.3, 0.4) is 0 Å². The average Bonchev–Trinajstić information content (AvgIpc) is 2.34. The number of rotatable bonds is 6. The predicted octanol–water partition coefficient (Wildman–Crippen LogP) is 2.66. The van der Waals surface area contributed by atoms with Crippen molar-refractivity contribution in [3.63, 3.8) is 0 Å². The first-order chi connectivity index (χ1) is 9.20. The van der Waals surface area contributed by atoms with Gasteiger partial charge in [0.2, 0.25) is 10.0 Å². The van der Waals surface area contributed by atoms with E-state index in [-0.39, 0.29) is 11.4 Å². The van der Waals surface area contributed by atoms with Crippen molar-refractivity contribution in [2.45, 2.75) is 30.7 Å². The van der Waals surface area contributed by atoms with Crippen molar-refractivity contribution >= 4 is 39.2 Å². The van der Waals surface area contributed by atoms with Crippen LogP contribution in [0.4, 0.5) is 4.39 Å². The Kier molecular flexibility index (Phi) is 5.76. The maximum atomic E-state index is 13.5. The Hall–Kier alpha value is -0.890. The monoisotopic (exact) mass is 343 g/mol. The zero-order valence-electron chi connectivity index (χ0n) is 10.4. The number of hydrogen-bond acceptors (Lipinski definition) is 3. The Morgan fingerprint density at radius 2 is 2.05 bits per heavy atom. The van der Waals surface area contributed by atoms with Gasteiger partial charge in [-0.1, -0.05) is 36.5 Å². The van der Waals surface area contributed by atoms with Crippen molar-refractivity contribution in [1.82, 2.24) is 4.72 Å². The topological polar surface area (TPSA) is 83.5 Å². The van der Waals surface area contributed by atoms with Crippen LogP contribution in [0.15, 0.2) is 17.0 Å². The molecule has 0 saturated heterocycles. The summed E-state index contributed by atoms with van der Waals surface area (Å²) in [7, 11) is -4.26. The summed E-state index contributed by atoms with van der Waals surface area (Å²) >= 11 is 11.1. The third-order valence-corrected chi connectivity index (χ3v) is 4.75. The summed E-state index contributed by atoms with van der Waals surface area (Å²) < 4.78 is 39.5. The Bertz CT molecular complexity index is 621. The molecule has 0 aliphatic heterocycles. The zero-order valence-corrected chi connectivity index (χ0v) is 12.7. The second kappa shape index (κ2) is 6.71. The second-order valence-electron chi connectivity index (χ2n) is 3.97. The van der Waals surface area contributed by atoms with Crippen LogP contribution in [0.1, 0.15) is 19.8 Å². The Labute approximate surface area is 125 Å². The van der Waals surface area contributed by atoms with Crippen molar-refractivity contribution in [1.29, 1.82) is 0 Å². The van der Waals surface area contributed by atoms with Crippen LogP contribution < -0.4 is 4.72 Å². The number of hydrogen-bond donors (Lipinski definition) is 2. The van der Waals surface area contributed by atoms with Gasteiger partial charge >= 0.3 is 5.97 Å². The quantitative estimate of drug-likeness (QED) is 0.777. The number of nitrogens with one attached hydrogen (secondary N) is 1. The third kappa shape index (κ3) is 3.82. The molecule has 1 aromatic carbocycles. The summed E-state index contributed by atoms with van der Waals surface area (Å²) in [4.78, 5) is 10.4. The summed E-state index contributed by atoms with van der Waals surface area (Å²) in [5.41, 5.74) is 0. The molecular formula is C11H12Cl2FNO4S. The molecule has 1 atom stereocenters. The Morgan fingerprint density at radius 3 is 2.55 bits per heavy atom. The van der Waals surface area contributed by atoms with Crippen LogP contribution in [0.5, 0.6) is 0 Å². The van der Waals surface area contributed by atoms with E-state index >= 15 is 0 Å². The van der Waals surface area contributed by atoms with E-state index in [9.17, 15) is 17.6 Å². The molecule has 0 radical (unpaired) electrons. The number of aliphatic carboxylic acids is 1. The highest BCUT2D eigenvalue weighted by atomic mass is 35.5. The molecule has 0 bridgehead atoms. The van der Waals surface area contributed by atoms with Gasteiger partial charge in [-0.2, -0.15) is 4.72 Å². The third-order valence-electron chi connectivity index (χ3n) is 2.46. The van der Waals surface area contributed by atoms with Gasteiger partial charge in [0, 0.05) is 0 Å². The van der Waals surface area contributed by atoms with Gasteiger partial charge in [-0.05, 0) is 18.6 Å². The van der Waals surface area contributed by atoms with Crippen molar-refractivity contribution in [2.24, 2.45) is 0 Å². The lowest BCUT2D eigenvalue weighted by atomic mass is 10.2. The molecule has 1 rings (SSSR count). The van der Waals surface area contributed by atoms with Crippen LogP contribution in [0, 0.1) is 5.82 Å². The van der Waals surface area contributed by atoms with Crippen LogP contribution in [-0.4, -0.2) is 25.5 Å². The summed E-state index contributed by atoms with van der Waals surface area (Å²) in [5, 5.41) is 7.93. The largest absolute Gasteiger partial charge is 0.480 e. The van der Waals surface area contributed by atoms with E-state index in [1.165, 1.54) is 0 Å². The molecule has 0 aromatic heterocycles. The molecule has 0 spiro atoms. The highest BCUT2D eigenvalue weighted by Gasteiger charge is 2.27. The van der Waals surface area contributed by atoms with Gasteiger partial charge in [-0.15, -0.1) is 0 Å². The van der Waals surface area contributed by atoms with Gasteiger partial charge in [0.05, 0.1) is 10.0 Å². The fourth-order valence-corrected chi connectivity index (χ4v) is 3.46. The molecular weight excluding hydrogens is 332 g/mol. The van der Waals surface area contributed by atoms with E-state index in [1.54, 1.807) is 6.92 Å². The van der Waals surface area contributed by atoms with Crippen LogP contribution in [0.2, 0.25) is 10.0 Å². The molecule has 0 fully saturated rings. The molecule has 0 heterocycles. The minimum atomic E-state index is -4.26. The average molecular weight is 344 g/mol. The Balaban J connectivity index is 3.17. The number of carboxylic acid groups (broad SMARTS) is 1. The summed E-state index contributed by atoms with van der Waals surface area (Å²) in [6.45, 7) is 1.71. The van der Waals surface area contributed by atoms with Crippen molar-refractivity contribution in [3.05, 3.63) is 28.0 Å². The molecule has 0 aliphatic rings. The highest BCUT2D eigenvalue weighted by molar-refractivity contribution is 7.89. The molecule has 5 nitrogen and oxygen atoms in total. The molecule has 0 saturated carbocycles. The van der Waals surface area contributed by atoms with Crippen LogP contribution in [-0.2, 0) is 14.8 Å². The van der Waals surface area contributed by atoms with Gasteiger partial charge in [0.1, 0.15) is 10.9 Å². The Morgan fingerprint density at radius 1 is 1.45 bits per heavy atom. The molecule has 1 unspecified atom stereocenters. The van der Waals surface area contributed by atoms with E-state index in [0.717, 1.165) is 12.1 Å². The van der Waals surface area contributed by atoms with Gasteiger partial charge in [-0.25, -0.2) is 12.8 Å². The summed E-state index contributed by atoms with van der Waals surface area (Å²) in [5.74, 6) is -2.39. The molecule has 9 heteroatoms. The lowest BCUT2D eigenvalue weighted by Crippen LogP contribution is -2.40. The predicted molar refractivity (Wildman–Crippen MR) is 73.1 cm³/mol. The standard InChI is InChI=1S/C11H12Cl2FNO4S/c1-2-3-7(11(16)17)15-20(18,19)8-5-4-6(12)10(14)9(8)13/h4-5,7,15H,2-3H2,1H3,(H,16,17). The lowest BCUT2D eigenvalue weighted by molar-refractivity contribution is -0.139. The summed E-state index contributed by atoms with van der Waals surface area (Å²) in [6, 6.07) is 0.744. The van der Waals surface area contributed by atoms with Crippen LogP contribution in [0.25, 0.3) is 0 Å². The van der Waals surface area contributed by atoms with Crippen molar-refractivity contribution in [2.75, 3.05) is 0 Å². The molecule has 0 aliphatic carbocycles. The molecule has 112 valence electrons. The smallest absolute Gasteiger partial charge is 0.321 e. The van der Waals surface area contributed by atoms with Gasteiger partial charge < -0.3 is 5.11 Å². The second-order valence-corrected chi connectivity index (χ2v) is 6.44. The molecule has 20 heavy (non-hydrogen) atoms. The minimum absolute atomic E-state index is 0.0995. The van der Waals surface area contributed by atoms with Crippen molar-refractivity contribution in [3.8, 4) is 0 Å². The summed E-state index contributed by atoms with van der Waals surface area (Å²) in [6.07, 6.45) is 0.560.